The van der Waals surface area contributed by atoms with Crippen molar-refractivity contribution in [3.8, 4) is 11.5 Å². The van der Waals surface area contributed by atoms with E-state index in [4.69, 9.17) is 15.6 Å². The van der Waals surface area contributed by atoms with Crippen LogP contribution in [0.1, 0.15) is 5.56 Å². The maximum atomic E-state index is 12.2. The summed E-state index contributed by atoms with van der Waals surface area (Å²) >= 11 is 0. The van der Waals surface area contributed by atoms with Crippen LogP contribution in [-0.4, -0.2) is 31.2 Å². The fourth-order valence-electron chi connectivity index (χ4n) is 1.40. The minimum Gasteiger partial charge on any atom is -0.497 e. The monoisotopic (exact) mass is 301 g/mol. The standard InChI is InChI=1S/C11H14F3NO3.ClH/c1-17-9-3-2-7(4-8(15)6-16)10(5-9)18-11(12,13)14;/h2-3,5,8,16H,4,6,15H2,1H3;1H. The number of rotatable bonds is 5. The van der Waals surface area contributed by atoms with Crippen LogP contribution in [0.25, 0.3) is 0 Å². The molecule has 0 aromatic heterocycles. The van der Waals surface area contributed by atoms with Gasteiger partial charge in [-0.1, -0.05) is 6.07 Å². The highest BCUT2D eigenvalue weighted by Gasteiger charge is 2.32. The van der Waals surface area contributed by atoms with Crippen LogP contribution in [0.5, 0.6) is 11.5 Å². The molecule has 0 fully saturated rings. The lowest BCUT2D eigenvalue weighted by atomic mass is 10.1. The van der Waals surface area contributed by atoms with E-state index in [1.807, 2.05) is 0 Å². The largest absolute Gasteiger partial charge is 0.573 e. The zero-order chi connectivity index (χ0) is 13.8. The molecule has 3 N–H and O–H groups in total. The third kappa shape index (κ3) is 6.00. The van der Waals surface area contributed by atoms with Crippen molar-refractivity contribution in [2.24, 2.45) is 5.73 Å². The van der Waals surface area contributed by atoms with Gasteiger partial charge in [0.15, 0.2) is 0 Å². The molecule has 0 aliphatic rings. The summed E-state index contributed by atoms with van der Waals surface area (Å²) < 4.78 is 45.4. The fraction of sp³-hybridized carbons (Fsp3) is 0.455. The highest BCUT2D eigenvalue weighted by atomic mass is 35.5. The number of hydrogen-bond acceptors (Lipinski definition) is 4. The van der Waals surface area contributed by atoms with Crippen LogP contribution in [0, 0.1) is 0 Å². The average molecular weight is 302 g/mol. The van der Waals surface area contributed by atoms with E-state index in [1.54, 1.807) is 0 Å². The Morgan fingerprint density at radius 3 is 2.47 bits per heavy atom. The number of halogens is 4. The number of alkyl halides is 3. The number of aliphatic hydroxyl groups excluding tert-OH is 1. The first kappa shape index (κ1) is 17.8. The number of aliphatic hydroxyl groups is 1. The van der Waals surface area contributed by atoms with Gasteiger partial charge in [-0.2, -0.15) is 0 Å². The van der Waals surface area contributed by atoms with Gasteiger partial charge in [-0.05, 0) is 18.1 Å². The molecule has 19 heavy (non-hydrogen) atoms. The molecular weight excluding hydrogens is 287 g/mol. The van der Waals surface area contributed by atoms with E-state index in [0.717, 1.165) is 6.07 Å². The summed E-state index contributed by atoms with van der Waals surface area (Å²) in [7, 11) is 1.34. The van der Waals surface area contributed by atoms with Gasteiger partial charge in [0.25, 0.3) is 0 Å². The molecule has 0 spiro atoms. The van der Waals surface area contributed by atoms with Gasteiger partial charge in [0, 0.05) is 12.1 Å². The fourth-order valence-corrected chi connectivity index (χ4v) is 1.40. The second-order valence-electron chi connectivity index (χ2n) is 3.67. The summed E-state index contributed by atoms with van der Waals surface area (Å²) in [6.45, 7) is -0.322. The van der Waals surface area contributed by atoms with Gasteiger partial charge in [0.2, 0.25) is 0 Å². The smallest absolute Gasteiger partial charge is 0.497 e. The second-order valence-corrected chi connectivity index (χ2v) is 3.67. The predicted octanol–water partition coefficient (Wildman–Crippen LogP) is 1.88. The first-order valence-electron chi connectivity index (χ1n) is 5.15. The minimum absolute atomic E-state index is 0. The third-order valence-corrected chi connectivity index (χ3v) is 2.22. The molecule has 1 unspecified atom stereocenters. The van der Waals surface area contributed by atoms with Crippen LogP contribution >= 0.6 is 12.4 Å². The Kier molecular flexibility index (Phi) is 6.96. The van der Waals surface area contributed by atoms with Crippen LogP contribution in [0.15, 0.2) is 18.2 Å². The zero-order valence-electron chi connectivity index (χ0n) is 10.1. The van der Waals surface area contributed by atoms with Crippen LogP contribution in [0.3, 0.4) is 0 Å². The van der Waals surface area contributed by atoms with E-state index in [9.17, 15) is 13.2 Å². The molecule has 4 nitrogen and oxygen atoms in total. The Morgan fingerprint density at radius 1 is 1.37 bits per heavy atom. The molecule has 110 valence electrons. The topological polar surface area (TPSA) is 64.7 Å². The van der Waals surface area contributed by atoms with Gasteiger partial charge in [-0.3, -0.25) is 0 Å². The summed E-state index contributed by atoms with van der Waals surface area (Å²) in [5.41, 5.74) is 5.75. The van der Waals surface area contributed by atoms with E-state index < -0.39 is 12.4 Å². The Labute approximate surface area is 114 Å². The molecule has 0 saturated heterocycles. The average Bonchev–Trinajstić information content (AvgIpc) is 2.29. The van der Waals surface area contributed by atoms with E-state index in [-0.39, 0.29) is 42.5 Å². The number of nitrogens with two attached hydrogens (primary N) is 1. The summed E-state index contributed by atoms with van der Waals surface area (Å²) in [6, 6.07) is 3.42. The van der Waals surface area contributed by atoms with Crippen molar-refractivity contribution in [1.29, 1.82) is 0 Å². The molecule has 0 heterocycles. The van der Waals surface area contributed by atoms with Crippen molar-refractivity contribution in [1.82, 2.24) is 0 Å². The molecule has 1 atom stereocenters. The maximum absolute atomic E-state index is 12.2. The Balaban J connectivity index is 0.00000324. The highest BCUT2D eigenvalue weighted by molar-refractivity contribution is 5.85. The molecule has 8 heteroatoms. The highest BCUT2D eigenvalue weighted by Crippen LogP contribution is 2.30. The molecule has 0 aliphatic carbocycles. The SMILES string of the molecule is COc1ccc(CC(N)CO)c(OC(F)(F)F)c1.Cl. The Hall–Kier alpha value is -1.18. The van der Waals surface area contributed by atoms with Crippen molar-refractivity contribution in [3.63, 3.8) is 0 Å². The molecule has 0 aliphatic heterocycles. The minimum atomic E-state index is -4.79. The molecule has 1 rings (SSSR count). The first-order valence-corrected chi connectivity index (χ1v) is 5.15. The lowest BCUT2D eigenvalue weighted by Crippen LogP contribution is -2.27. The normalized spacial score (nSPS) is 12.5. The van der Waals surface area contributed by atoms with Crippen molar-refractivity contribution in [2.75, 3.05) is 13.7 Å². The number of benzene rings is 1. The lowest BCUT2D eigenvalue weighted by Gasteiger charge is -2.16. The van der Waals surface area contributed by atoms with Gasteiger partial charge >= 0.3 is 6.36 Å². The first-order chi connectivity index (χ1) is 8.35. The second kappa shape index (κ2) is 7.42. The molecule has 0 saturated carbocycles. The molecule has 1 aromatic rings. The molecule has 0 amide bonds. The zero-order valence-corrected chi connectivity index (χ0v) is 10.9. The van der Waals surface area contributed by atoms with Crippen LogP contribution in [0.2, 0.25) is 0 Å². The number of hydrogen-bond donors (Lipinski definition) is 2. The quantitative estimate of drug-likeness (QED) is 0.871. The van der Waals surface area contributed by atoms with Crippen LogP contribution < -0.4 is 15.2 Å². The predicted molar refractivity (Wildman–Crippen MR) is 65.7 cm³/mol. The molecule has 0 radical (unpaired) electrons. The van der Waals surface area contributed by atoms with Crippen LogP contribution in [0.4, 0.5) is 13.2 Å². The Bertz CT molecular complexity index is 401. The maximum Gasteiger partial charge on any atom is 0.573 e. The van der Waals surface area contributed by atoms with Gasteiger partial charge in [-0.15, -0.1) is 25.6 Å². The third-order valence-electron chi connectivity index (χ3n) is 2.22. The van der Waals surface area contributed by atoms with Gasteiger partial charge < -0.3 is 20.3 Å². The number of ether oxygens (including phenoxy) is 2. The summed E-state index contributed by atoms with van der Waals surface area (Å²) in [5, 5.41) is 8.81. The van der Waals surface area contributed by atoms with E-state index in [2.05, 4.69) is 4.74 Å². The van der Waals surface area contributed by atoms with Crippen molar-refractivity contribution < 1.29 is 27.8 Å². The van der Waals surface area contributed by atoms with Crippen molar-refractivity contribution in [3.05, 3.63) is 23.8 Å². The summed E-state index contributed by atoms with van der Waals surface area (Å²) in [4.78, 5) is 0. The van der Waals surface area contributed by atoms with E-state index in [1.165, 1.54) is 19.2 Å². The van der Waals surface area contributed by atoms with Crippen LogP contribution in [-0.2, 0) is 6.42 Å². The lowest BCUT2D eigenvalue weighted by molar-refractivity contribution is -0.274. The summed E-state index contributed by atoms with van der Waals surface area (Å²) in [5.74, 6) is -0.124. The van der Waals surface area contributed by atoms with Gasteiger partial charge in [0.05, 0.1) is 13.7 Å². The van der Waals surface area contributed by atoms with Crippen molar-refractivity contribution >= 4 is 12.4 Å². The van der Waals surface area contributed by atoms with E-state index in [0.29, 0.717) is 0 Å². The van der Waals surface area contributed by atoms with Crippen molar-refractivity contribution in [2.45, 2.75) is 18.8 Å². The molecule has 1 aromatic carbocycles. The van der Waals surface area contributed by atoms with Gasteiger partial charge in [0.1, 0.15) is 11.5 Å². The molecule has 0 bridgehead atoms. The van der Waals surface area contributed by atoms with Gasteiger partial charge in [-0.25, -0.2) is 0 Å². The Morgan fingerprint density at radius 2 is 2.00 bits per heavy atom. The van der Waals surface area contributed by atoms with E-state index >= 15 is 0 Å². The summed E-state index contributed by atoms with van der Waals surface area (Å²) in [6.07, 6.45) is -4.71. The molecular formula is C11H15ClF3NO3. The number of methoxy groups -OCH3 is 1.